The van der Waals surface area contributed by atoms with Gasteiger partial charge in [0.25, 0.3) is 0 Å². The Morgan fingerprint density at radius 2 is 2.12 bits per heavy atom. The number of carboxylic acid groups (broad SMARTS) is 1. The Kier molecular flexibility index (Phi) is 5.76. The van der Waals surface area contributed by atoms with Crippen LogP contribution in [0.25, 0.3) is 0 Å². The van der Waals surface area contributed by atoms with E-state index in [0.29, 0.717) is 25.4 Å². The van der Waals surface area contributed by atoms with Crippen LogP contribution in [0, 0.1) is 5.92 Å². The van der Waals surface area contributed by atoms with Crippen molar-refractivity contribution in [3.63, 3.8) is 0 Å². The minimum atomic E-state index is -0.964. The number of rotatable bonds is 3. The number of hydrogen-bond acceptors (Lipinski definition) is 2. The molecule has 2 N–H and O–H groups in total. The van der Waals surface area contributed by atoms with Gasteiger partial charge in [-0.1, -0.05) is 0 Å². The second-order valence-corrected chi connectivity index (χ2v) is 4.68. The smallest absolute Gasteiger partial charge is 1.00 e. The zero-order valence-electron chi connectivity index (χ0n) is 11.3. The van der Waals surface area contributed by atoms with E-state index in [0.717, 1.165) is 25.7 Å². The van der Waals surface area contributed by atoms with E-state index in [-0.39, 0.29) is 36.9 Å². The predicted octanol–water partition coefficient (Wildman–Crippen LogP) is -1.84. The number of nitrogens with zero attached hydrogens (tertiary/aromatic N) is 1. The summed E-state index contributed by atoms with van der Waals surface area (Å²) < 4.78 is 0. The molecule has 6 heteroatoms. The molecular formula is C11H19N2NaO3. The largest absolute Gasteiger partial charge is 1.00 e. The van der Waals surface area contributed by atoms with Crippen molar-refractivity contribution in [1.82, 2.24) is 10.2 Å². The molecule has 1 saturated carbocycles. The van der Waals surface area contributed by atoms with Crippen molar-refractivity contribution < 1.29 is 45.7 Å². The summed E-state index contributed by atoms with van der Waals surface area (Å²) in [6.45, 7) is 1.19. The molecule has 2 rings (SSSR count). The third kappa shape index (κ3) is 4.16. The van der Waals surface area contributed by atoms with Crippen molar-refractivity contribution in [1.29, 1.82) is 0 Å². The molecular weight excluding hydrogens is 231 g/mol. The van der Waals surface area contributed by atoms with Crippen molar-refractivity contribution in [2.45, 2.75) is 38.1 Å². The van der Waals surface area contributed by atoms with Crippen LogP contribution in [0.4, 0.5) is 4.79 Å². The normalized spacial score (nSPS) is 24.2. The minimum Gasteiger partial charge on any atom is -1.00 e. The number of hydrogen-bond donors (Lipinski definition) is 2. The van der Waals surface area contributed by atoms with Crippen LogP contribution in [0.3, 0.4) is 0 Å². The molecule has 1 atom stereocenters. The van der Waals surface area contributed by atoms with Crippen LogP contribution in [0.1, 0.15) is 33.5 Å². The first-order valence-electron chi connectivity index (χ1n) is 5.96. The summed E-state index contributed by atoms with van der Waals surface area (Å²) in [5, 5.41) is 11.9. The van der Waals surface area contributed by atoms with Crippen molar-refractivity contribution in [2.75, 3.05) is 13.1 Å². The molecule has 0 aromatic carbocycles. The molecule has 5 nitrogen and oxygen atoms in total. The Morgan fingerprint density at radius 3 is 2.71 bits per heavy atom. The van der Waals surface area contributed by atoms with Gasteiger partial charge in [0, 0.05) is 13.1 Å². The number of carbonyl (C=O) groups is 2. The van der Waals surface area contributed by atoms with Gasteiger partial charge in [-0.2, -0.15) is 0 Å². The van der Waals surface area contributed by atoms with Gasteiger partial charge in [0.15, 0.2) is 0 Å². The van der Waals surface area contributed by atoms with Gasteiger partial charge < -0.3 is 11.8 Å². The van der Waals surface area contributed by atoms with Crippen LogP contribution in [0.15, 0.2) is 0 Å². The fourth-order valence-electron chi connectivity index (χ4n) is 2.14. The van der Waals surface area contributed by atoms with E-state index in [2.05, 4.69) is 5.32 Å². The maximum absolute atomic E-state index is 11.7. The number of carbonyl (C=O) groups excluding carboxylic acids is 1. The van der Waals surface area contributed by atoms with E-state index in [1.54, 1.807) is 0 Å². The Bertz CT molecular complexity index is 300. The zero-order chi connectivity index (χ0) is 11.5. The molecule has 2 aliphatic rings. The van der Waals surface area contributed by atoms with E-state index in [9.17, 15) is 9.59 Å². The molecule has 2 fully saturated rings. The summed E-state index contributed by atoms with van der Waals surface area (Å²) in [6.07, 6.45) is 3.74. The summed E-state index contributed by atoms with van der Waals surface area (Å²) >= 11 is 0. The predicted molar refractivity (Wildman–Crippen MR) is 59.2 cm³/mol. The monoisotopic (exact) mass is 250 g/mol. The molecule has 0 radical (unpaired) electrons. The van der Waals surface area contributed by atoms with Gasteiger partial charge in [0.1, 0.15) is 6.04 Å². The molecule has 1 saturated heterocycles. The van der Waals surface area contributed by atoms with Gasteiger partial charge in [0.05, 0.1) is 0 Å². The Morgan fingerprint density at radius 1 is 1.41 bits per heavy atom. The molecule has 1 heterocycles. The minimum absolute atomic E-state index is 0. The SMILES string of the molecule is O=C1NCCCC[C@H]1N(CC1CC1)C(=O)O.[H-].[Na+]. The molecule has 1 aliphatic heterocycles. The van der Waals surface area contributed by atoms with Gasteiger partial charge in [0.2, 0.25) is 5.91 Å². The van der Waals surface area contributed by atoms with Crippen LogP contribution >= 0.6 is 0 Å². The van der Waals surface area contributed by atoms with Crippen LogP contribution in [-0.4, -0.2) is 41.1 Å². The summed E-state index contributed by atoms with van der Waals surface area (Å²) in [5.41, 5.74) is 0. The van der Waals surface area contributed by atoms with E-state index in [4.69, 9.17) is 5.11 Å². The quantitative estimate of drug-likeness (QED) is 0.578. The molecule has 92 valence electrons. The first-order valence-corrected chi connectivity index (χ1v) is 5.96. The Balaban J connectivity index is 0.00000144. The van der Waals surface area contributed by atoms with Crippen molar-refractivity contribution >= 4 is 12.0 Å². The summed E-state index contributed by atoms with van der Waals surface area (Å²) in [6, 6.07) is -0.472. The summed E-state index contributed by atoms with van der Waals surface area (Å²) in [5.74, 6) is 0.354. The average molecular weight is 250 g/mol. The zero-order valence-corrected chi connectivity index (χ0v) is 12.3. The van der Waals surface area contributed by atoms with E-state index in [1.807, 2.05) is 0 Å². The van der Waals surface area contributed by atoms with Crippen molar-refractivity contribution in [2.24, 2.45) is 5.92 Å². The summed E-state index contributed by atoms with van der Waals surface area (Å²) in [4.78, 5) is 24.2. The first-order chi connectivity index (χ1) is 7.68. The maximum Gasteiger partial charge on any atom is 1.00 e. The standard InChI is InChI=1S/C11H18N2O3.Na.H/c14-10-9(3-1-2-6-12-10)13(11(15)16)7-8-4-5-8;;/h8-9H,1-7H2,(H,12,14)(H,15,16);;/q;+1;-1/t9-;;/m1../s1. The van der Waals surface area contributed by atoms with Gasteiger partial charge in [-0.15, -0.1) is 0 Å². The molecule has 17 heavy (non-hydrogen) atoms. The van der Waals surface area contributed by atoms with E-state index >= 15 is 0 Å². The second kappa shape index (κ2) is 6.61. The van der Waals surface area contributed by atoms with E-state index < -0.39 is 12.1 Å². The Labute approximate surface area is 125 Å². The summed E-state index contributed by atoms with van der Waals surface area (Å²) in [7, 11) is 0. The van der Waals surface area contributed by atoms with Crippen LogP contribution in [0.5, 0.6) is 0 Å². The molecule has 0 aromatic heterocycles. The van der Waals surface area contributed by atoms with Gasteiger partial charge in [-0.25, -0.2) is 4.79 Å². The second-order valence-electron chi connectivity index (χ2n) is 4.68. The fraction of sp³-hybridized carbons (Fsp3) is 0.818. The molecule has 2 amide bonds. The number of amides is 2. The Hall–Kier alpha value is -0.260. The van der Waals surface area contributed by atoms with Gasteiger partial charge >= 0.3 is 35.7 Å². The first kappa shape index (κ1) is 14.8. The topological polar surface area (TPSA) is 69.6 Å². The van der Waals surface area contributed by atoms with Crippen LogP contribution in [0.2, 0.25) is 0 Å². The molecule has 0 bridgehead atoms. The molecule has 0 aromatic rings. The fourth-order valence-corrected chi connectivity index (χ4v) is 2.14. The van der Waals surface area contributed by atoms with Crippen LogP contribution in [-0.2, 0) is 4.79 Å². The third-order valence-corrected chi connectivity index (χ3v) is 3.28. The van der Waals surface area contributed by atoms with Gasteiger partial charge in [-0.3, -0.25) is 9.69 Å². The van der Waals surface area contributed by atoms with E-state index in [1.165, 1.54) is 4.90 Å². The third-order valence-electron chi connectivity index (χ3n) is 3.28. The van der Waals surface area contributed by atoms with Crippen molar-refractivity contribution in [3.8, 4) is 0 Å². The van der Waals surface area contributed by atoms with Crippen LogP contribution < -0.4 is 34.9 Å². The maximum atomic E-state index is 11.7. The average Bonchev–Trinajstić information content (AvgIpc) is 3.03. The molecule has 0 spiro atoms. The van der Waals surface area contributed by atoms with Crippen molar-refractivity contribution in [3.05, 3.63) is 0 Å². The molecule has 1 aliphatic carbocycles. The van der Waals surface area contributed by atoms with Gasteiger partial charge in [-0.05, 0) is 38.0 Å². The number of nitrogens with one attached hydrogen (secondary N) is 1. The molecule has 0 unspecified atom stereocenters.